The monoisotopic (exact) mass is 1040 g/mol. The van der Waals surface area contributed by atoms with Crippen molar-refractivity contribution in [2.45, 2.75) is 300 Å². The van der Waals surface area contributed by atoms with Crippen molar-refractivity contribution in [3.8, 4) is 0 Å². The first-order valence-corrected chi connectivity index (χ1v) is 29.6. The maximum absolute atomic E-state index is 13.1. The molecule has 0 radical (unpaired) electrons. The number of carbonyl (C=O) groups excluding carboxylic acids is 1. The normalized spacial score (nSPS) is 25.2. The number of esters is 1. The SMILES string of the molecule is CCCCCCC/C=C\C/C=C\C/C=C\CCCCCCCCCCC(=O)OC(COCCCCCCCCCCCCCCCCCC)COC1OC(COC2OC(CO)C(O)C(O)C2O)C(O)C(O)C1O. The number of allylic oxidation sites excluding steroid dienone is 6. The van der Waals surface area contributed by atoms with E-state index >= 15 is 0 Å². The number of ether oxygens (including phenoxy) is 6. The lowest BCUT2D eigenvalue weighted by Gasteiger charge is -2.42. The number of aliphatic hydroxyl groups excluding tert-OH is 7. The second-order valence-electron chi connectivity index (χ2n) is 20.8. The Labute approximate surface area is 442 Å². The first kappa shape index (κ1) is 67.3. The molecule has 0 aliphatic carbocycles. The summed E-state index contributed by atoms with van der Waals surface area (Å²) < 4.78 is 34.4. The predicted molar refractivity (Wildman–Crippen MR) is 289 cm³/mol. The fourth-order valence-corrected chi connectivity index (χ4v) is 9.35. The summed E-state index contributed by atoms with van der Waals surface area (Å²) in [5.74, 6) is -0.380. The third-order valence-corrected chi connectivity index (χ3v) is 14.2. The minimum atomic E-state index is -1.71. The summed E-state index contributed by atoms with van der Waals surface area (Å²) in [6.45, 7) is 3.71. The van der Waals surface area contributed by atoms with Gasteiger partial charge in [0.15, 0.2) is 12.6 Å². The van der Waals surface area contributed by atoms with E-state index in [9.17, 15) is 40.5 Å². The van der Waals surface area contributed by atoms with E-state index in [0.29, 0.717) is 13.0 Å². The van der Waals surface area contributed by atoms with Gasteiger partial charge in [0.25, 0.3) is 0 Å². The molecule has 2 fully saturated rings. The molecule has 7 N–H and O–H groups in total. The van der Waals surface area contributed by atoms with Gasteiger partial charge in [0.1, 0.15) is 54.9 Å². The molecule has 2 aliphatic rings. The zero-order valence-corrected chi connectivity index (χ0v) is 45.9. The Hall–Kier alpha value is -1.79. The maximum Gasteiger partial charge on any atom is 0.306 e. The minimum Gasteiger partial charge on any atom is -0.457 e. The Balaban J connectivity index is 1.71. The van der Waals surface area contributed by atoms with Gasteiger partial charge < -0.3 is 64.2 Å². The van der Waals surface area contributed by atoms with Crippen molar-refractivity contribution >= 4 is 5.97 Å². The van der Waals surface area contributed by atoms with E-state index in [1.54, 1.807) is 0 Å². The molecule has 0 bridgehead atoms. The van der Waals surface area contributed by atoms with E-state index in [1.807, 2.05) is 0 Å². The van der Waals surface area contributed by atoms with Crippen molar-refractivity contribution in [1.82, 2.24) is 0 Å². The average molecular weight is 1040 g/mol. The highest BCUT2D eigenvalue weighted by Crippen LogP contribution is 2.27. The molecule has 0 aromatic carbocycles. The van der Waals surface area contributed by atoms with Gasteiger partial charge in [-0.25, -0.2) is 0 Å². The molecule has 0 amide bonds. The average Bonchev–Trinajstić information content (AvgIpc) is 3.39. The number of aliphatic hydroxyl groups is 7. The molecule has 14 heteroatoms. The van der Waals surface area contributed by atoms with Gasteiger partial charge in [0.05, 0.1) is 26.4 Å². The third-order valence-electron chi connectivity index (χ3n) is 14.2. The zero-order valence-electron chi connectivity index (χ0n) is 45.9. The van der Waals surface area contributed by atoms with Crippen LogP contribution in [0, 0.1) is 0 Å². The molecule has 2 aliphatic heterocycles. The van der Waals surface area contributed by atoms with Gasteiger partial charge in [-0.15, -0.1) is 0 Å². The fourth-order valence-electron chi connectivity index (χ4n) is 9.35. The summed E-state index contributed by atoms with van der Waals surface area (Å²) in [5.41, 5.74) is 0. The van der Waals surface area contributed by atoms with Gasteiger partial charge >= 0.3 is 5.97 Å². The standard InChI is InChI=1S/C59H108O14/c1-3-5-7-9-11-13-15-17-19-21-22-23-24-25-26-27-28-30-32-34-36-38-40-42-51(61)71-48(45-68-43-41-39-37-35-33-31-29-20-18-16-14-12-10-8-6-4-2)46-69-58-57(67)55(65)53(63)50(73-58)47-70-59-56(66)54(64)52(62)49(44-60)72-59/h15,17,21-22,24-25,48-50,52-60,62-67H,3-14,16,18-20,23,26-47H2,1-2H3/b17-15-,22-21-,25-24-. The quantitative estimate of drug-likeness (QED) is 0.0172. The summed E-state index contributed by atoms with van der Waals surface area (Å²) in [5, 5.41) is 72.3. The number of unbranched alkanes of at least 4 members (excludes halogenated alkanes) is 28. The van der Waals surface area contributed by atoms with Crippen LogP contribution >= 0.6 is 0 Å². The molecule has 0 saturated carbocycles. The molecule has 73 heavy (non-hydrogen) atoms. The van der Waals surface area contributed by atoms with Gasteiger partial charge in [-0.2, -0.15) is 0 Å². The molecule has 428 valence electrons. The van der Waals surface area contributed by atoms with Crippen LogP contribution in [0.25, 0.3) is 0 Å². The molecule has 0 aromatic heterocycles. The summed E-state index contributed by atoms with van der Waals surface area (Å²) >= 11 is 0. The van der Waals surface area contributed by atoms with Crippen LogP contribution in [0.15, 0.2) is 36.5 Å². The van der Waals surface area contributed by atoms with Crippen LogP contribution in [0.2, 0.25) is 0 Å². The van der Waals surface area contributed by atoms with E-state index in [1.165, 1.54) is 148 Å². The first-order valence-electron chi connectivity index (χ1n) is 29.6. The van der Waals surface area contributed by atoms with Gasteiger partial charge in [-0.3, -0.25) is 4.79 Å². The minimum absolute atomic E-state index is 0.0617. The number of hydrogen-bond acceptors (Lipinski definition) is 14. The van der Waals surface area contributed by atoms with Crippen LogP contribution in [-0.4, -0.2) is 142 Å². The molecule has 0 spiro atoms. The van der Waals surface area contributed by atoms with E-state index in [4.69, 9.17) is 28.4 Å². The largest absolute Gasteiger partial charge is 0.457 e. The van der Waals surface area contributed by atoms with Crippen molar-refractivity contribution in [3.63, 3.8) is 0 Å². The van der Waals surface area contributed by atoms with Gasteiger partial charge in [0, 0.05) is 13.0 Å². The van der Waals surface area contributed by atoms with Crippen LogP contribution in [0.1, 0.15) is 232 Å². The zero-order chi connectivity index (χ0) is 53.0. The van der Waals surface area contributed by atoms with E-state index in [-0.39, 0.29) is 25.6 Å². The number of carbonyl (C=O) groups is 1. The summed E-state index contributed by atoms with van der Waals surface area (Å²) in [6, 6.07) is 0. The smallest absolute Gasteiger partial charge is 0.306 e. The van der Waals surface area contributed by atoms with Crippen LogP contribution < -0.4 is 0 Å². The molecule has 11 atom stereocenters. The number of hydrogen-bond donors (Lipinski definition) is 7. The van der Waals surface area contributed by atoms with Crippen molar-refractivity contribution in [2.24, 2.45) is 0 Å². The Bertz CT molecular complexity index is 1350. The topological polar surface area (TPSA) is 214 Å². The third kappa shape index (κ3) is 33.2. The van der Waals surface area contributed by atoms with Crippen LogP contribution in [0.5, 0.6) is 0 Å². The van der Waals surface area contributed by atoms with Crippen molar-refractivity contribution in [3.05, 3.63) is 36.5 Å². The highest BCUT2D eigenvalue weighted by atomic mass is 16.7. The molecule has 2 saturated heterocycles. The lowest BCUT2D eigenvalue weighted by atomic mass is 9.98. The predicted octanol–water partition coefficient (Wildman–Crippen LogP) is 10.5. The van der Waals surface area contributed by atoms with E-state index in [2.05, 4.69) is 50.3 Å². The lowest BCUT2D eigenvalue weighted by Crippen LogP contribution is -2.61. The second kappa shape index (κ2) is 46.3. The molecule has 11 unspecified atom stereocenters. The first-order chi connectivity index (χ1) is 35.6. The van der Waals surface area contributed by atoms with E-state index < -0.39 is 80.7 Å². The summed E-state index contributed by atoms with van der Waals surface area (Å²) in [7, 11) is 0. The van der Waals surface area contributed by atoms with Crippen LogP contribution in [-0.2, 0) is 33.2 Å². The number of rotatable bonds is 48. The fraction of sp³-hybridized carbons (Fsp3) is 0.881. The molecule has 2 heterocycles. The summed E-state index contributed by atoms with van der Waals surface area (Å²) in [6.07, 6.45) is 37.7. The second-order valence-corrected chi connectivity index (χ2v) is 20.8. The summed E-state index contributed by atoms with van der Waals surface area (Å²) in [4.78, 5) is 13.1. The molecular weight excluding hydrogens is 933 g/mol. The van der Waals surface area contributed by atoms with Gasteiger partial charge in [-0.1, -0.05) is 211 Å². The van der Waals surface area contributed by atoms with Gasteiger partial charge in [-0.05, 0) is 51.4 Å². The Morgan fingerprint density at radius 3 is 1.33 bits per heavy atom. The highest BCUT2D eigenvalue weighted by molar-refractivity contribution is 5.69. The van der Waals surface area contributed by atoms with Crippen LogP contribution in [0.3, 0.4) is 0 Å². The Morgan fingerprint density at radius 2 is 0.849 bits per heavy atom. The Kier molecular flexibility index (Phi) is 42.7. The van der Waals surface area contributed by atoms with Crippen molar-refractivity contribution in [1.29, 1.82) is 0 Å². The highest BCUT2D eigenvalue weighted by Gasteiger charge is 2.47. The molecule has 14 nitrogen and oxygen atoms in total. The van der Waals surface area contributed by atoms with Crippen LogP contribution in [0.4, 0.5) is 0 Å². The van der Waals surface area contributed by atoms with Crippen molar-refractivity contribution < 1.29 is 69.0 Å². The maximum atomic E-state index is 13.1. The van der Waals surface area contributed by atoms with E-state index in [0.717, 1.165) is 57.8 Å². The molecular formula is C59H108O14. The molecule has 0 aromatic rings. The Morgan fingerprint density at radius 1 is 0.452 bits per heavy atom. The lowest BCUT2D eigenvalue weighted by molar-refractivity contribution is -0.332. The molecule has 2 rings (SSSR count). The van der Waals surface area contributed by atoms with Crippen molar-refractivity contribution in [2.75, 3.05) is 33.0 Å². The van der Waals surface area contributed by atoms with Gasteiger partial charge in [0.2, 0.25) is 0 Å².